The molecule has 0 aromatic heterocycles. The van der Waals surface area contributed by atoms with Crippen molar-refractivity contribution in [1.29, 1.82) is 0 Å². The maximum Gasteiger partial charge on any atom is 0.315 e. The van der Waals surface area contributed by atoms with Crippen LogP contribution in [0.3, 0.4) is 0 Å². The zero-order chi connectivity index (χ0) is 17.1. The molecule has 0 radical (unpaired) electrons. The molecule has 1 aromatic rings. The molecule has 7 heteroatoms. The van der Waals surface area contributed by atoms with Crippen LogP contribution in [0.15, 0.2) is 18.2 Å². The Morgan fingerprint density at radius 3 is 2.62 bits per heavy atom. The lowest BCUT2D eigenvalue weighted by molar-refractivity contribution is 0.0654. The Morgan fingerprint density at radius 1 is 1.17 bits per heavy atom. The Morgan fingerprint density at radius 2 is 1.92 bits per heavy atom. The topological polar surface area (TPSA) is 78.5 Å². The van der Waals surface area contributed by atoms with E-state index in [4.69, 9.17) is 0 Å². The minimum Gasteiger partial charge on any atom is -0.336 e. The van der Waals surface area contributed by atoms with E-state index in [0.717, 1.165) is 36.6 Å². The van der Waals surface area contributed by atoms with Crippen LogP contribution in [0.4, 0.5) is 9.18 Å². The Bertz CT molecular complexity index is 671. The first-order chi connectivity index (χ1) is 11.6. The molecule has 1 fully saturated rings. The molecule has 1 aromatic carbocycles. The van der Waals surface area contributed by atoms with Crippen LogP contribution in [0.25, 0.3) is 0 Å². The van der Waals surface area contributed by atoms with E-state index in [1.54, 1.807) is 0 Å². The van der Waals surface area contributed by atoms with Crippen LogP contribution in [-0.4, -0.2) is 41.9 Å². The third-order valence-corrected chi connectivity index (χ3v) is 4.51. The SMILES string of the molecule is O=C(NCCN1C(=O)c2cccc(F)c2C1=O)NC1CCCCC1. The highest BCUT2D eigenvalue weighted by molar-refractivity contribution is 6.21. The minimum atomic E-state index is -0.698. The largest absolute Gasteiger partial charge is 0.336 e. The maximum absolute atomic E-state index is 13.7. The van der Waals surface area contributed by atoms with Gasteiger partial charge in [0, 0.05) is 19.1 Å². The number of hydrogen-bond acceptors (Lipinski definition) is 3. The molecule has 128 valence electrons. The van der Waals surface area contributed by atoms with Gasteiger partial charge in [-0.05, 0) is 25.0 Å². The lowest BCUT2D eigenvalue weighted by Gasteiger charge is -2.23. The molecular formula is C17H20FN3O3. The van der Waals surface area contributed by atoms with Crippen molar-refractivity contribution in [2.45, 2.75) is 38.1 Å². The van der Waals surface area contributed by atoms with E-state index in [1.165, 1.54) is 18.6 Å². The average molecular weight is 333 g/mol. The second kappa shape index (κ2) is 6.98. The van der Waals surface area contributed by atoms with E-state index in [2.05, 4.69) is 10.6 Å². The summed E-state index contributed by atoms with van der Waals surface area (Å²) in [4.78, 5) is 37.1. The van der Waals surface area contributed by atoms with Crippen molar-refractivity contribution in [3.05, 3.63) is 35.1 Å². The molecule has 6 nitrogen and oxygen atoms in total. The minimum absolute atomic E-state index is 0.0177. The highest BCUT2D eigenvalue weighted by Crippen LogP contribution is 2.24. The fraction of sp³-hybridized carbons (Fsp3) is 0.471. The number of hydrogen-bond donors (Lipinski definition) is 2. The van der Waals surface area contributed by atoms with Gasteiger partial charge in [0.25, 0.3) is 11.8 Å². The maximum atomic E-state index is 13.7. The van der Waals surface area contributed by atoms with Gasteiger partial charge in [0.1, 0.15) is 5.82 Å². The molecule has 24 heavy (non-hydrogen) atoms. The van der Waals surface area contributed by atoms with Crippen molar-refractivity contribution in [3.63, 3.8) is 0 Å². The number of carbonyl (C=O) groups is 3. The Kier molecular flexibility index (Phi) is 4.78. The Balaban J connectivity index is 1.51. The second-order valence-corrected chi connectivity index (χ2v) is 6.16. The smallest absolute Gasteiger partial charge is 0.315 e. The zero-order valence-corrected chi connectivity index (χ0v) is 13.3. The van der Waals surface area contributed by atoms with Gasteiger partial charge in [-0.3, -0.25) is 14.5 Å². The van der Waals surface area contributed by atoms with Gasteiger partial charge in [0.15, 0.2) is 0 Å². The number of carbonyl (C=O) groups excluding carboxylic acids is 3. The molecule has 2 aliphatic rings. The summed E-state index contributed by atoms with van der Waals surface area (Å²) in [7, 11) is 0. The Hall–Kier alpha value is -2.44. The van der Waals surface area contributed by atoms with Crippen LogP contribution in [0.5, 0.6) is 0 Å². The lowest BCUT2D eigenvalue weighted by atomic mass is 9.96. The van der Waals surface area contributed by atoms with E-state index < -0.39 is 17.6 Å². The fourth-order valence-electron chi connectivity index (χ4n) is 3.26. The number of urea groups is 1. The summed E-state index contributed by atoms with van der Waals surface area (Å²) in [6, 6.07) is 3.88. The highest BCUT2D eigenvalue weighted by atomic mass is 19.1. The predicted octanol–water partition coefficient (Wildman–Crippen LogP) is 2.05. The molecule has 3 rings (SSSR count). The average Bonchev–Trinajstić information content (AvgIpc) is 2.81. The number of amides is 4. The monoisotopic (exact) mass is 333 g/mol. The molecular weight excluding hydrogens is 313 g/mol. The third kappa shape index (κ3) is 3.25. The van der Waals surface area contributed by atoms with E-state index in [9.17, 15) is 18.8 Å². The summed E-state index contributed by atoms with van der Waals surface area (Å²) in [6.07, 6.45) is 5.39. The molecule has 0 spiro atoms. The van der Waals surface area contributed by atoms with E-state index in [-0.39, 0.29) is 36.3 Å². The molecule has 2 N–H and O–H groups in total. The molecule has 1 heterocycles. The first kappa shape index (κ1) is 16.4. The van der Waals surface area contributed by atoms with Crippen molar-refractivity contribution < 1.29 is 18.8 Å². The van der Waals surface area contributed by atoms with E-state index in [1.807, 2.05) is 0 Å². The molecule has 1 saturated carbocycles. The van der Waals surface area contributed by atoms with Crippen molar-refractivity contribution in [2.75, 3.05) is 13.1 Å². The molecule has 0 bridgehead atoms. The van der Waals surface area contributed by atoms with Crippen LogP contribution >= 0.6 is 0 Å². The first-order valence-corrected chi connectivity index (χ1v) is 8.27. The summed E-state index contributed by atoms with van der Waals surface area (Å²) in [5.74, 6) is -1.87. The first-order valence-electron chi connectivity index (χ1n) is 8.27. The number of benzene rings is 1. The summed E-state index contributed by atoms with van der Waals surface area (Å²) in [5.41, 5.74) is -0.110. The molecule has 0 saturated heterocycles. The number of halogens is 1. The van der Waals surface area contributed by atoms with Crippen LogP contribution in [0.2, 0.25) is 0 Å². The van der Waals surface area contributed by atoms with Gasteiger partial charge in [-0.2, -0.15) is 0 Å². The van der Waals surface area contributed by atoms with Gasteiger partial charge < -0.3 is 10.6 Å². The van der Waals surface area contributed by atoms with Crippen LogP contribution in [-0.2, 0) is 0 Å². The molecule has 1 aliphatic heterocycles. The van der Waals surface area contributed by atoms with Gasteiger partial charge in [-0.15, -0.1) is 0 Å². The Labute approximate surface area is 139 Å². The normalized spacial score (nSPS) is 17.8. The number of nitrogens with zero attached hydrogens (tertiary/aromatic N) is 1. The van der Waals surface area contributed by atoms with Gasteiger partial charge >= 0.3 is 6.03 Å². The lowest BCUT2D eigenvalue weighted by Crippen LogP contribution is -2.45. The third-order valence-electron chi connectivity index (χ3n) is 4.51. The van der Waals surface area contributed by atoms with Crippen LogP contribution in [0.1, 0.15) is 52.8 Å². The van der Waals surface area contributed by atoms with E-state index in [0.29, 0.717) is 0 Å². The standard InChI is InChI=1S/C17H20FN3O3/c18-13-8-4-7-12-14(13)16(23)21(15(12)22)10-9-19-17(24)20-11-5-2-1-3-6-11/h4,7-8,11H,1-3,5-6,9-10H2,(H2,19,20,24). The van der Waals surface area contributed by atoms with E-state index >= 15 is 0 Å². The summed E-state index contributed by atoms with van der Waals surface area (Å²) >= 11 is 0. The number of rotatable bonds is 4. The van der Waals surface area contributed by atoms with Crippen LogP contribution in [0, 0.1) is 5.82 Å². The van der Waals surface area contributed by atoms with Gasteiger partial charge in [0.2, 0.25) is 0 Å². The van der Waals surface area contributed by atoms with Crippen molar-refractivity contribution in [2.24, 2.45) is 0 Å². The molecule has 1 aliphatic carbocycles. The fourth-order valence-corrected chi connectivity index (χ4v) is 3.26. The van der Waals surface area contributed by atoms with Crippen molar-refractivity contribution in [3.8, 4) is 0 Å². The quantitative estimate of drug-likeness (QED) is 0.828. The zero-order valence-electron chi connectivity index (χ0n) is 13.3. The summed E-state index contributed by atoms with van der Waals surface area (Å²) in [5, 5.41) is 5.54. The van der Waals surface area contributed by atoms with Gasteiger partial charge in [-0.1, -0.05) is 25.3 Å². The highest BCUT2D eigenvalue weighted by Gasteiger charge is 2.37. The number of nitrogens with one attached hydrogen (secondary N) is 2. The van der Waals surface area contributed by atoms with Crippen molar-refractivity contribution in [1.82, 2.24) is 15.5 Å². The molecule has 0 atom stereocenters. The summed E-state index contributed by atoms with van der Waals surface area (Å²) < 4.78 is 13.7. The summed E-state index contributed by atoms with van der Waals surface area (Å²) in [6.45, 7) is 0.148. The molecule has 0 unspecified atom stereocenters. The number of fused-ring (bicyclic) bond motifs is 1. The van der Waals surface area contributed by atoms with Crippen molar-refractivity contribution >= 4 is 17.8 Å². The second-order valence-electron chi connectivity index (χ2n) is 6.16. The van der Waals surface area contributed by atoms with Gasteiger partial charge in [-0.25, -0.2) is 9.18 Å². The number of imide groups is 1. The predicted molar refractivity (Wildman–Crippen MR) is 85.2 cm³/mol. The molecule has 4 amide bonds. The van der Waals surface area contributed by atoms with Crippen LogP contribution < -0.4 is 10.6 Å². The van der Waals surface area contributed by atoms with Gasteiger partial charge in [0.05, 0.1) is 11.1 Å².